The van der Waals surface area contributed by atoms with E-state index < -0.39 is 12.3 Å². The predicted octanol–water partition coefficient (Wildman–Crippen LogP) is 2.13. The molecule has 0 aliphatic carbocycles. The summed E-state index contributed by atoms with van der Waals surface area (Å²) in [5.41, 5.74) is 1.57. The molecule has 4 atom stereocenters. The van der Waals surface area contributed by atoms with Gasteiger partial charge in [0.15, 0.2) is 12.0 Å². The third-order valence-electron chi connectivity index (χ3n) is 5.69. The number of phenolic OH excluding ortho intramolecular Hbond substituents is 1. The topological polar surface area (TPSA) is 111 Å². The Bertz CT molecular complexity index is 1040. The largest absolute Gasteiger partial charge is 0.507 e. The van der Waals surface area contributed by atoms with Crippen molar-refractivity contribution in [1.29, 1.82) is 0 Å². The first-order valence-electron chi connectivity index (χ1n) is 10.1. The van der Waals surface area contributed by atoms with E-state index in [1.165, 1.54) is 10.9 Å². The number of phenols is 1. The van der Waals surface area contributed by atoms with Gasteiger partial charge in [0.05, 0.1) is 11.4 Å². The van der Waals surface area contributed by atoms with E-state index in [1.54, 1.807) is 31.2 Å². The number of rotatable bonds is 4. The molecule has 10 heteroatoms. The molecule has 30 heavy (non-hydrogen) atoms. The summed E-state index contributed by atoms with van der Waals surface area (Å²) in [7, 11) is 0. The number of piperidine rings is 2. The number of aromatic nitrogens is 6. The van der Waals surface area contributed by atoms with Crippen LogP contribution in [0, 0.1) is 6.92 Å². The number of tetrazole rings is 1. The van der Waals surface area contributed by atoms with Gasteiger partial charge >= 0.3 is 0 Å². The van der Waals surface area contributed by atoms with Crippen molar-refractivity contribution in [2.45, 2.75) is 57.0 Å². The normalized spacial score (nSPS) is 25.8. The van der Waals surface area contributed by atoms with Crippen LogP contribution in [0.5, 0.6) is 11.6 Å². The highest BCUT2D eigenvalue weighted by atomic mass is 19.1. The number of aryl methyl sites for hydroxylation is 1. The number of nitrogens with zero attached hydrogens (tertiary/aromatic N) is 6. The average Bonchev–Trinajstić information content (AvgIpc) is 3.19. The van der Waals surface area contributed by atoms with E-state index in [1.807, 2.05) is 0 Å². The van der Waals surface area contributed by atoms with E-state index in [9.17, 15) is 9.50 Å². The molecule has 1 aromatic carbocycles. The third kappa shape index (κ3) is 3.58. The van der Waals surface area contributed by atoms with Crippen LogP contribution in [0.1, 0.15) is 31.5 Å². The smallest absolute Gasteiger partial charge is 0.233 e. The van der Waals surface area contributed by atoms with Crippen LogP contribution in [0.3, 0.4) is 0 Å². The summed E-state index contributed by atoms with van der Waals surface area (Å²) >= 11 is 0. The minimum atomic E-state index is -1.06. The minimum Gasteiger partial charge on any atom is -0.507 e. The minimum absolute atomic E-state index is 0.0143. The van der Waals surface area contributed by atoms with E-state index in [2.05, 4.69) is 30.9 Å². The second kappa shape index (κ2) is 7.60. The van der Waals surface area contributed by atoms with Crippen molar-refractivity contribution in [3.8, 4) is 28.6 Å². The first-order chi connectivity index (χ1) is 14.6. The lowest BCUT2D eigenvalue weighted by molar-refractivity contribution is 0.00652. The van der Waals surface area contributed by atoms with Crippen molar-refractivity contribution >= 4 is 0 Å². The monoisotopic (exact) mass is 411 g/mol. The second-order valence-electron chi connectivity index (χ2n) is 7.82. The summed E-state index contributed by atoms with van der Waals surface area (Å²) in [5.74, 6) is 0.832. The zero-order valence-corrected chi connectivity index (χ0v) is 16.4. The van der Waals surface area contributed by atoms with E-state index in [0.717, 1.165) is 19.3 Å². The zero-order chi connectivity index (χ0) is 20.7. The van der Waals surface area contributed by atoms with E-state index >= 15 is 0 Å². The maximum Gasteiger partial charge on any atom is 0.233 e. The highest BCUT2D eigenvalue weighted by molar-refractivity contribution is 5.68. The Balaban J connectivity index is 1.31. The number of fused-ring (bicyclic) bond motifs is 2. The van der Waals surface area contributed by atoms with Crippen LogP contribution in [0.4, 0.5) is 4.39 Å². The average molecular weight is 411 g/mol. The Kier molecular flexibility index (Phi) is 4.78. The Morgan fingerprint density at radius 3 is 2.80 bits per heavy atom. The number of benzene rings is 1. The molecule has 0 radical (unpaired) electrons. The van der Waals surface area contributed by atoms with E-state index in [-0.39, 0.29) is 17.7 Å². The van der Waals surface area contributed by atoms with Crippen LogP contribution >= 0.6 is 0 Å². The fraction of sp³-hybridized carbons (Fsp3) is 0.450. The van der Waals surface area contributed by atoms with Gasteiger partial charge in [-0.2, -0.15) is 0 Å². The highest BCUT2D eigenvalue weighted by Gasteiger charge is 2.41. The number of ether oxygens (including phenoxy) is 1. The molecule has 2 saturated heterocycles. The van der Waals surface area contributed by atoms with Crippen molar-refractivity contribution in [3.05, 3.63) is 36.2 Å². The van der Waals surface area contributed by atoms with Crippen molar-refractivity contribution in [1.82, 2.24) is 35.7 Å². The first-order valence-corrected chi connectivity index (χ1v) is 10.1. The maximum absolute atomic E-state index is 14.7. The fourth-order valence-corrected chi connectivity index (χ4v) is 4.21. The van der Waals surface area contributed by atoms with Crippen molar-refractivity contribution < 1.29 is 14.2 Å². The molecule has 0 saturated carbocycles. The molecular formula is C20H22FN7O2. The fourth-order valence-electron chi connectivity index (χ4n) is 4.21. The molecule has 0 amide bonds. The molecule has 2 N–H and O–H groups in total. The molecule has 2 fully saturated rings. The molecule has 3 aromatic rings. The summed E-state index contributed by atoms with van der Waals surface area (Å²) in [5, 5.41) is 33.9. The van der Waals surface area contributed by atoms with Gasteiger partial charge in [0.2, 0.25) is 5.88 Å². The molecule has 2 aliphatic rings. The molecule has 9 nitrogen and oxygen atoms in total. The lowest BCUT2D eigenvalue weighted by Crippen LogP contribution is -2.59. The van der Waals surface area contributed by atoms with Gasteiger partial charge in [0.1, 0.15) is 11.9 Å². The summed E-state index contributed by atoms with van der Waals surface area (Å²) in [4.78, 5) is 1.34. The standard InChI is InChI=1S/C20H22FN7O2/c1-11-23-27-28(26-11)13-5-6-14(17(29)10-13)15-7-8-19(25-24-15)30-18-9-12-3-2-4-16(22-12)20(18)21/h5-8,10,12,16,18,20,22,29H,2-4,9H2,1H3/t12?,16?,18-,20-/m1/s1. The maximum atomic E-state index is 14.7. The quantitative estimate of drug-likeness (QED) is 0.672. The molecule has 156 valence electrons. The number of hydrogen-bond acceptors (Lipinski definition) is 8. The SMILES string of the molecule is Cc1nnn(-c2ccc(-c3ccc(O[C@@H]4CC5CCCC(N5)[C@H]4F)nn3)c(O)c2)n1. The van der Waals surface area contributed by atoms with E-state index in [0.29, 0.717) is 35.2 Å². The molecule has 2 aliphatic heterocycles. The lowest BCUT2D eigenvalue weighted by atomic mass is 9.84. The number of nitrogens with one attached hydrogen (secondary N) is 1. The zero-order valence-electron chi connectivity index (χ0n) is 16.4. The Labute approximate surface area is 172 Å². The van der Waals surface area contributed by atoms with E-state index in [4.69, 9.17) is 4.74 Å². The molecule has 4 heterocycles. The molecule has 2 aromatic heterocycles. The third-order valence-corrected chi connectivity index (χ3v) is 5.69. The molecule has 2 bridgehead atoms. The molecule has 2 unspecified atom stereocenters. The molecule has 5 rings (SSSR count). The van der Waals surface area contributed by atoms with Crippen LogP contribution in [0.15, 0.2) is 30.3 Å². The summed E-state index contributed by atoms with van der Waals surface area (Å²) in [6.45, 7) is 1.73. The van der Waals surface area contributed by atoms with Gasteiger partial charge in [0, 0.05) is 36.2 Å². The van der Waals surface area contributed by atoms with Gasteiger partial charge < -0.3 is 15.2 Å². The number of hydrogen-bond donors (Lipinski definition) is 2. The summed E-state index contributed by atoms with van der Waals surface area (Å²) in [6.07, 6.45) is 1.98. The highest BCUT2D eigenvalue weighted by Crippen LogP contribution is 2.32. The second-order valence-corrected chi connectivity index (χ2v) is 7.82. The first kappa shape index (κ1) is 18.9. The van der Waals surface area contributed by atoms with Crippen LogP contribution in [0.25, 0.3) is 16.9 Å². The number of aromatic hydroxyl groups is 1. The van der Waals surface area contributed by atoms with Crippen molar-refractivity contribution in [2.75, 3.05) is 0 Å². The number of alkyl halides is 1. The van der Waals surface area contributed by atoms with Crippen LogP contribution in [-0.2, 0) is 0 Å². The molecule has 0 spiro atoms. The van der Waals surface area contributed by atoms with Crippen molar-refractivity contribution in [2.24, 2.45) is 0 Å². The van der Waals surface area contributed by atoms with Gasteiger partial charge in [-0.1, -0.05) is 6.42 Å². The Hall–Kier alpha value is -3.14. The molecular weight excluding hydrogens is 389 g/mol. The Morgan fingerprint density at radius 1 is 1.17 bits per heavy atom. The number of halogens is 1. The van der Waals surface area contributed by atoms with Crippen LogP contribution in [-0.4, -0.2) is 59.9 Å². The predicted molar refractivity (Wildman–Crippen MR) is 105 cm³/mol. The van der Waals surface area contributed by atoms with Gasteiger partial charge in [-0.25, -0.2) is 4.39 Å². The Morgan fingerprint density at radius 2 is 2.07 bits per heavy atom. The van der Waals surface area contributed by atoms with Crippen LogP contribution in [0.2, 0.25) is 0 Å². The van der Waals surface area contributed by atoms with Gasteiger partial charge in [-0.05, 0) is 43.2 Å². The summed E-state index contributed by atoms with van der Waals surface area (Å²) < 4.78 is 20.5. The van der Waals surface area contributed by atoms with Crippen molar-refractivity contribution in [3.63, 3.8) is 0 Å². The summed E-state index contributed by atoms with van der Waals surface area (Å²) in [6, 6.07) is 8.50. The van der Waals surface area contributed by atoms with Gasteiger partial charge in [0.25, 0.3) is 0 Å². The lowest BCUT2D eigenvalue weighted by Gasteiger charge is -2.42. The van der Waals surface area contributed by atoms with Gasteiger partial charge in [-0.3, -0.25) is 0 Å². The van der Waals surface area contributed by atoms with Crippen LogP contribution < -0.4 is 10.1 Å². The van der Waals surface area contributed by atoms with Gasteiger partial charge in [-0.15, -0.1) is 25.2 Å².